The third-order valence-corrected chi connectivity index (χ3v) is 5.43. The van der Waals surface area contributed by atoms with Gasteiger partial charge in [0.1, 0.15) is 0 Å². The summed E-state index contributed by atoms with van der Waals surface area (Å²) in [7, 11) is 0. The highest BCUT2D eigenvalue weighted by molar-refractivity contribution is 5.91. The fourth-order valence-corrected chi connectivity index (χ4v) is 3.79. The van der Waals surface area contributed by atoms with E-state index in [4.69, 9.17) is 9.41 Å². The van der Waals surface area contributed by atoms with Crippen LogP contribution >= 0.6 is 0 Å². The minimum atomic E-state index is -0.0525. The standard InChI is InChI=1S/C23H32N4O2/c1-5-24-22(25-17-23(3,4)19-10-7-6-9-18(19)2)27-14-12-26(13-15-27)21(28)20-11-8-16-29-20/h6-11,16H,5,12-15,17H2,1-4H3,(H,24,25). The van der Waals surface area contributed by atoms with Gasteiger partial charge in [0.25, 0.3) is 5.91 Å². The molecule has 6 nitrogen and oxygen atoms in total. The number of carbonyl (C=O) groups is 1. The summed E-state index contributed by atoms with van der Waals surface area (Å²) in [5.41, 5.74) is 2.57. The van der Waals surface area contributed by atoms with Crippen LogP contribution in [0.1, 0.15) is 42.5 Å². The minimum Gasteiger partial charge on any atom is -0.459 e. The van der Waals surface area contributed by atoms with Crippen molar-refractivity contribution in [2.45, 2.75) is 33.1 Å². The van der Waals surface area contributed by atoms with Crippen LogP contribution in [0.4, 0.5) is 0 Å². The third kappa shape index (κ3) is 5.00. The number of benzene rings is 1. The molecule has 1 N–H and O–H groups in total. The molecule has 1 aromatic heterocycles. The van der Waals surface area contributed by atoms with Gasteiger partial charge in [-0.15, -0.1) is 0 Å². The molecule has 3 rings (SSSR count). The van der Waals surface area contributed by atoms with Crippen molar-refractivity contribution in [1.29, 1.82) is 0 Å². The number of furan rings is 1. The molecule has 1 aliphatic rings. The Bertz CT molecular complexity index is 834. The molecule has 2 aromatic rings. The molecule has 0 saturated carbocycles. The molecule has 1 aromatic carbocycles. The average Bonchev–Trinajstić information content (AvgIpc) is 3.26. The third-order valence-electron chi connectivity index (χ3n) is 5.43. The van der Waals surface area contributed by atoms with Crippen LogP contribution in [0.2, 0.25) is 0 Å². The highest BCUT2D eigenvalue weighted by atomic mass is 16.3. The zero-order valence-corrected chi connectivity index (χ0v) is 17.9. The number of guanidine groups is 1. The predicted octanol–water partition coefficient (Wildman–Crippen LogP) is 3.29. The number of nitrogens with zero attached hydrogens (tertiary/aromatic N) is 3. The number of aryl methyl sites for hydroxylation is 1. The van der Waals surface area contributed by atoms with Crippen LogP contribution in [0.5, 0.6) is 0 Å². The Morgan fingerprint density at radius 2 is 1.79 bits per heavy atom. The van der Waals surface area contributed by atoms with Gasteiger partial charge in [0.15, 0.2) is 11.7 Å². The number of hydrogen-bond acceptors (Lipinski definition) is 3. The minimum absolute atomic E-state index is 0.0442. The van der Waals surface area contributed by atoms with E-state index in [0.717, 1.165) is 25.6 Å². The highest BCUT2D eigenvalue weighted by Crippen LogP contribution is 2.26. The van der Waals surface area contributed by atoms with Crippen LogP contribution in [-0.2, 0) is 5.41 Å². The second-order valence-corrected chi connectivity index (χ2v) is 8.13. The van der Waals surface area contributed by atoms with Crippen LogP contribution in [0.25, 0.3) is 0 Å². The molecule has 1 amide bonds. The van der Waals surface area contributed by atoms with E-state index in [1.165, 1.54) is 17.4 Å². The van der Waals surface area contributed by atoms with Gasteiger partial charge in [-0.2, -0.15) is 0 Å². The topological polar surface area (TPSA) is 61.1 Å². The van der Waals surface area contributed by atoms with E-state index in [2.05, 4.69) is 62.2 Å². The molecular weight excluding hydrogens is 364 g/mol. The maximum Gasteiger partial charge on any atom is 0.289 e. The molecule has 6 heteroatoms. The molecule has 156 valence electrons. The van der Waals surface area contributed by atoms with Gasteiger partial charge < -0.3 is 19.5 Å². The highest BCUT2D eigenvalue weighted by Gasteiger charge is 2.26. The number of nitrogens with one attached hydrogen (secondary N) is 1. The zero-order chi connectivity index (χ0) is 20.9. The summed E-state index contributed by atoms with van der Waals surface area (Å²) in [5, 5.41) is 3.42. The summed E-state index contributed by atoms with van der Waals surface area (Å²) >= 11 is 0. The summed E-state index contributed by atoms with van der Waals surface area (Å²) in [6.45, 7) is 13.0. The van der Waals surface area contributed by atoms with Gasteiger partial charge >= 0.3 is 0 Å². The molecule has 1 aliphatic heterocycles. The molecule has 0 spiro atoms. The quantitative estimate of drug-likeness (QED) is 0.622. The zero-order valence-electron chi connectivity index (χ0n) is 17.9. The van der Waals surface area contributed by atoms with Crippen molar-refractivity contribution in [2.24, 2.45) is 4.99 Å². The maximum absolute atomic E-state index is 12.5. The number of piperazine rings is 1. The lowest BCUT2D eigenvalue weighted by molar-refractivity contribution is 0.0657. The average molecular weight is 397 g/mol. The van der Waals surface area contributed by atoms with E-state index in [1.807, 2.05) is 4.90 Å². The smallest absolute Gasteiger partial charge is 0.289 e. The first-order valence-corrected chi connectivity index (χ1v) is 10.3. The molecule has 1 fully saturated rings. The van der Waals surface area contributed by atoms with E-state index in [9.17, 15) is 4.79 Å². The largest absolute Gasteiger partial charge is 0.459 e. The molecular formula is C23H32N4O2. The van der Waals surface area contributed by atoms with Crippen LogP contribution in [0.15, 0.2) is 52.1 Å². The SMILES string of the molecule is CCNC(=NCC(C)(C)c1ccccc1C)N1CCN(C(=O)c2ccco2)CC1. The Hall–Kier alpha value is -2.76. The van der Waals surface area contributed by atoms with Crippen molar-refractivity contribution >= 4 is 11.9 Å². The molecule has 29 heavy (non-hydrogen) atoms. The van der Waals surface area contributed by atoms with Crippen molar-refractivity contribution in [3.05, 3.63) is 59.5 Å². The van der Waals surface area contributed by atoms with E-state index < -0.39 is 0 Å². The van der Waals surface area contributed by atoms with Crippen LogP contribution in [0.3, 0.4) is 0 Å². The molecule has 1 saturated heterocycles. The van der Waals surface area contributed by atoms with Gasteiger partial charge in [-0.25, -0.2) is 0 Å². The Labute approximate surface area is 173 Å². The Kier molecular flexibility index (Phi) is 6.62. The number of carbonyl (C=O) groups excluding carboxylic acids is 1. The van der Waals surface area contributed by atoms with E-state index in [-0.39, 0.29) is 11.3 Å². The van der Waals surface area contributed by atoms with Crippen LogP contribution < -0.4 is 5.32 Å². The molecule has 0 aliphatic carbocycles. The van der Waals surface area contributed by atoms with Crippen LogP contribution in [-0.4, -0.2) is 60.9 Å². The summed E-state index contributed by atoms with van der Waals surface area (Å²) in [6, 6.07) is 12.0. The summed E-state index contributed by atoms with van der Waals surface area (Å²) in [4.78, 5) is 21.5. The lowest BCUT2D eigenvalue weighted by atomic mass is 9.82. The van der Waals surface area contributed by atoms with Crippen molar-refractivity contribution in [2.75, 3.05) is 39.3 Å². The molecule has 0 atom stereocenters. The van der Waals surface area contributed by atoms with Crippen molar-refractivity contribution in [3.8, 4) is 0 Å². The molecule has 0 unspecified atom stereocenters. The van der Waals surface area contributed by atoms with Gasteiger partial charge in [0.2, 0.25) is 0 Å². The summed E-state index contributed by atoms with van der Waals surface area (Å²) < 4.78 is 5.25. The first kappa shape index (κ1) is 21.0. The van der Waals surface area contributed by atoms with Gasteiger partial charge in [0, 0.05) is 38.1 Å². The van der Waals surface area contributed by atoms with Crippen molar-refractivity contribution in [3.63, 3.8) is 0 Å². The number of rotatable bonds is 5. The molecule has 2 heterocycles. The second-order valence-electron chi connectivity index (χ2n) is 8.13. The number of hydrogen-bond donors (Lipinski definition) is 1. The van der Waals surface area contributed by atoms with Crippen LogP contribution in [0, 0.1) is 6.92 Å². The number of amides is 1. The number of aliphatic imine (C=N–C) groups is 1. The summed E-state index contributed by atoms with van der Waals surface area (Å²) in [5.74, 6) is 1.27. The van der Waals surface area contributed by atoms with Crippen molar-refractivity contribution in [1.82, 2.24) is 15.1 Å². The monoisotopic (exact) mass is 396 g/mol. The van der Waals surface area contributed by atoms with Gasteiger partial charge in [-0.3, -0.25) is 9.79 Å². The Morgan fingerprint density at radius 1 is 1.10 bits per heavy atom. The molecule has 0 radical (unpaired) electrons. The normalized spacial score (nSPS) is 15.5. The van der Waals surface area contributed by atoms with Gasteiger partial charge in [0.05, 0.1) is 12.8 Å². The predicted molar refractivity (Wildman–Crippen MR) is 116 cm³/mol. The first-order chi connectivity index (χ1) is 13.9. The maximum atomic E-state index is 12.5. The van der Waals surface area contributed by atoms with Gasteiger partial charge in [-0.05, 0) is 37.1 Å². The first-order valence-electron chi connectivity index (χ1n) is 10.3. The van der Waals surface area contributed by atoms with E-state index in [1.54, 1.807) is 12.1 Å². The lowest BCUT2D eigenvalue weighted by Crippen LogP contribution is -2.54. The summed E-state index contributed by atoms with van der Waals surface area (Å²) in [6.07, 6.45) is 1.54. The van der Waals surface area contributed by atoms with E-state index >= 15 is 0 Å². The second kappa shape index (κ2) is 9.16. The Morgan fingerprint density at radius 3 is 2.41 bits per heavy atom. The van der Waals surface area contributed by atoms with Gasteiger partial charge in [-0.1, -0.05) is 38.1 Å². The fourth-order valence-electron chi connectivity index (χ4n) is 3.79. The van der Waals surface area contributed by atoms with Crippen molar-refractivity contribution < 1.29 is 9.21 Å². The lowest BCUT2D eigenvalue weighted by Gasteiger charge is -2.36. The fraction of sp³-hybridized carbons (Fsp3) is 0.478. The van der Waals surface area contributed by atoms with E-state index in [0.29, 0.717) is 25.4 Å². The Balaban J connectivity index is 1.65. The molecule has 0 bridgehead atoms.